The fourth-order valence-corrected chi connectivity index (χ4v) is 3.88. The Bertz CT molecular complexity index is 928. The molecule has 0 aromatic heterocycles. The molecule has 156 valence electrons. The van der Waals surface area contributed by atoms with Gasteiger partial charge in [0.1, 0.15) is 29.8 Å². The van der Waals surface area contributed by atoms with E-state index in [1.54, 1.807) is 29.2 Å². The summed E-state index contributed by atoms with van der Waals surface area (Å²) in [6, 6.07) is 13.7. The number of hydrogen-bond acceptors (Lipinski definition) is 5. The van der Waals surface area contributed by atoms with Gasteiger partial charge < -0.3 is 19.3 Å². The lowest BCUT2D eigenvalue weighted by molar-refractivity contribution is 0.0678. The molecule has 7 heteroatoms. The molecule has 1 unspecified atom stereocenters. The van der Waals surface area contributed by atoms with Crippen LogP contribution >= 0.6 is 0 Å². The second kappa shape index (κ2) is 9.14. The normalized spacial score (nSPS) is 18.9. The third kappa shape index (κ3) is 4.39. The van der Waals surface area contributed by atoms with Gasteiger partial charge in [-0.25, -0.2) is 4.39 Å². The minimum Gasteiger partial charge on any atom is -0.491 e. The first-order chi connectivity index (χ1) is 14.7. The van der Waals surface area contributed by atoms with Gasteiger partial charge in [0.25, 0.3) is 5.91 Å². The van der Waals surface area contributed by atoms with Crippen molar-refractivity contribution in [1.29, 1.82) is 5.26 Å². The smallest absolute Gasteiger partial charge is 0.253 e. The first-order valence-electron chi connectivity index (χ1n) is 10.2. The predicted octanol–water partition coefficient (Wildman–Crippen LogP) is 3.22. The highest BCUT2D eigenvalue weighted by Gasteiger charge is 2.24. The fourth-order valence-electron chi connectivity index (χ4n) is 3.88. The lowest BCUT2D eigenvalue weighted by Crippen LogP contribution is -2.49. The maximum atomic E-state index is 13.9. The molecule has 1 atom stereocenters. The molecule has 2 aliphatic heterocycles. The number of rotatable bonds is 5. The van der Waals surface area contributed by atoms with Crippen LogP contribution in [0.5, 0.6) is 5.75 Å². The molecular formula is C23H24FN3O3. The summed E-state index contributed by atoms with van der Waals surface area (Å²) in [5.74, 6) is 0.164. The van der Waals surface area contributed by atoms with E-state index in [9.17, 15) is 14.4 Å². The van der Waals surface area contributed by atoms with Crippen LogP contribution in [0.4, 0.5) is 10.1 Å². The highest BCUT2D eigenvalue weighted by molar-refractivity contribution is 5.94. The van der Waals surface area contributed by atoms with Crippen LogP contribution in [0.2, 0.25) is 0 Å². The van der Waals surface area contributed by atoms with Gasteiger partial charge in [-0.05, 0) is 49.2 Å². The second-order valence-electron chi connectivity index (χ2n) is 7.50. The Kier molecular flexibility index (Phi) is 6.15. The van der Waals surface area contributed by atoms with E-state index in [-0.39, 0.29) is 17.6 Å². The molecule has 0 spiro atoms. The number of nitriles is 1. The average molecular weight is 409 g/mol. The van der Waals surface area contributed by atoms with Gasteiger partial charge in [-0.3, -0.25) is 4.79 Å². The van der Waals surface area contributed by atoms with E-state index in [1.165, 1.54) is 6.07 Å². The van der Waals surface area contributed by atoms with Gasteiger partial charge in [0, 0.05) is 38.3 Å². The molecule has 0 radical (unpaired) electrons. The molecular weight excluding hydrogens is 385 g/mol. The van der Waals surface area contributed by atoms with Crippen molar-refractivity contribution in [3.63, 3.8) is 0 Å². The molecule has 30 heavy (non-hydrogen) atoms. The molecule has 0 N–H and O–H groups in total. The van der Waals surface area contributed by atoms with Gasteiger partial charge in [-0.15, -0.1) is 0 Å². The number of anilines is 1. The summed E-state index contributed by atoms with van der Waals surface area (Å²) >= 11 is 0. The maximum absolute atomic E-state index is 13.9. The van der Waals surface area contributed by atoms with E-state index in [4.69, 9.17) is 9.47 Å². The van der Waals surface area contributed by atoms with Gasteiger partial charge in [-0.2, -0.15) is 5.26 Å². The molecule has 4 rings (SSSR count). The average Bonchev–Trinajstić information content (AvgIpc) is 3.31. The van der Waals surface area contributed by atoms with Crippen molar-refractivity contribution in [2.75, 3.05) is 44.3 Å². The molecule has 6 nitrogen and oxygen atoms in total. The Hall–Kier alpha value is -3.11. The van der Waals surface area contributed by atoms with Crippen molar-refractivity contribution in [2.24, 2.45) is 0 Å². The summed E-state index contributed by atoms with van der Waals surface area (Å²) in [5.41, 5.74) is 1.24. The summed E-state index contributed by atoms with van der Waals surface area (Å²) < 4.78 is 25.2. The molecule has 0 bridgehead atoms. The molecule has 2 heterocycles. The zero-order valence-electron chi connectivity index (χ0n) is 16.7. The zero-order chi connectivity index (χ0) is 20.9. The van der Waals surface area contributed by atoms with Gasteiger partial charge >= 0.3 is 0 Å². The Balaban J connectivity index is 1.33. The number of carbonyl (C=O) groups is 1. The van der Waals surface area contributed by atoms with E-state index >= 15 is 0 Å². The first-order valence-corrected chi connectivity index (χ1v) is 10.2. The van der Waals surface area contributed by atoms with E-state index < -0.39 is 5.82 Å². The molecule has 1 amide bonds. The zero-order valence-corrected chi connectivity index (χ0v) is 16.7. The van der Waals surface area contributed by atoms with Crippen LogP contribution in [0.3, 0.4) is 0 Å². The lowest BCUT2D eigenvalue weighted by atomic mass is 10.1. The molecule has 2 aromatic rings. The summed E-state index contributed by atoms with van der Waals surface area (Å²) in [4.78, 5) is 16.6. The molecule has 2 aliphatic rings. The fraction of sp³-hybridized carbons (Fsp3) is 0.391. The van der Waals surface area contributed by atoms with Crippen LogP contribution in [-0.2, 0) is 4.74 Å². The van der Waals surface area contributed by atoms with Crippen molar-refractivity contribution in [2.45, 2.75) is 18.9 Å². The number of benzene rings is 2. The Labute approximate surface area is 175 Å². The lowest BCUT2D eigenvalue weighted by Gasteiger charge is -2.36. The minimum absolute atomic E-state index is 0.0416. The Morgan fingerprint density at radius 2 is 1.93 bits per heavy atom. The third-order valence-electron chi connectivity index (χ3n) is 5.57. The molecule has 0 saturated carbocycles. The molecule has 0 aliphatic carbocycles. The van der Waals surface area contributed by atoms with Crippen LogP contribution in [0.25, 0.3) is 0 Å². The van der Waals surface area contributed by atoms with Crippen molar-refractivity contribution in [3.05, 3.63) is 59.4 Å². The number of piperazine rings is 1. The van der Waals surface area contributed by atoms with Gasteiger partial charge in [0.05, 0.1) is 11.8 Å². The van der Waals surface area contributed by atoms with Crippen molar-refractivity contribution < 1.29 is 18.7 Å². The van der Waals surface area contributed by atoms with Crippen molar-refractivity contribution >= 4 is 11.6 Å². The van der Waals surface area contributed by atoms with E-state index in [2.05, 4.69) is 0 Å². The highest BCUT2D eigenvalue weighted by atomic mass is 19.1. The standard InChI is InChI=1S/C23H24FN3O3/c24-21-4-1-5-22(20(21)15-25)26-10-12-27(13-11-26)23(28)17-6-8-18(9-7-17)30-16-19-3-2-14-29-19/h1,4-9,19H,2-3,10-14,16H2. The third-order valence-corrected chi connectivity index (χ3v) is 5.57. The molecule has 2 fully saturated rings. The summed E-state index contributed by atoms with van der Waals surface area (Å²) in [6.45, 7) is 3.44. The summed E-state index contributed by atoms with van der Waals surface area (Å²) in [5, 5.41) is 9.24. The first kappa shape index (κ1) is 20.2. The van der Waals surface area contributed by atoms with E-state index in [0.717, 1.165) is 25.2 Å². The van der Waals surface area contributed by atoms with E-state index in [1.807, 2.05) is 23.1 Å². The quantitative estimate of drug-likeness (QED) is 0.759. The number of ether oxygens (including phenoxy) is 2. The minimum atomic E-state index is -0.518. The van der Waals surface area contributed by atoms with Crippen LogP contribution in [0.1, 0.15) is 28.8 Å². The summed E-state index contributed by atoms with van der Waals surface area (Å²) in [7, 11) is 0. The number of nitrogens with zero attached hydrogens (tertiary/aromatic N) is 3. The van der Waals surface area contributed by atoms with E-state index in [0.29, 0.717) is 44.0 Å². The number of hydrogen-bond donors (Lipinski definition) is 0. The van der Waals surface area contributed by atoms with Gasteiger partial charge in [0.15, 0.2) is 0 Å². The van der Waals surface area contributed by atoms with Crippen LogP contribution < -0.4 is 9.64 Å². The van der Waals surface area contributed by atoms with Crippen LogP contribution in [-0.4, -0.2) is 56.3 Å². The second-order valence-corrected chi connectivity index (χ2v) is 7.50. The molecule has 2 aromatic carbocycles. The number of carbonyl (C=O) groups excluding carboxylic acids is 1. The topological polar surface area (TPSA) is 65.8 Å². The number of amides is 1. The monoisotopic (exact) mass is 409 g/mol. The number of halogens is 1. The van der Waals surface area contributed by atoms with Crippen molar-refractivity contribution in [3.8, 4) is 11.8 Å². The predicted molar refractivity (Wildman–Crippen MR) is 110 cm³/mol. The highest BCUT2D eigenvalue weighted by Crippen LogP contribution is 2.24. The Morgan fingerprint density at radius 3 is 2.60 bits per heavy atom. The van der Waals surface area contributed by atoms with Crippen LogP contribution in [0.15, 0.2) is 42.5 Å². The van der Waals surface area contributed by atoms with Crippen LogP contribution in [0, 0.1) is 17.1 Å². The van der Waals surface area contributed by atoms with Gasteiger partial charge in [0.2, 0.25) is 0 Å². The largest absolute Gasteiger partial charge is 0.491 e. The maximum Gasteiger partial charge on any atom is 0.253 e. The SMILES string of the molecule is N#Cc1c(F)cccc1N1CCN(C(=O)c2ccc(OCC3CCCO3)cc2)CC1. The van der Waals surface area contributed by atoms with Crippen molar-refractivity contribution in [1.82, 2.24) is 4.90 Å². The molecule has 2 saturated heterocycles. The Morgan fingerprint density at radius 1 is 1.17 bits per heavy atom. The van der Waals surface area contributed by atoms with Gasteiger partial charge in [-0.1, -0.05) is 6.07 Å². The summed E-state index contributed by atoms with van der Waals surface area (Å²) in [6.07, 6.45) is 2.25.